The molecule has 0 saturated heterocycles. The second kappa shape index (κ2) is 56.9. The van der Waals surface area contributed by atoms with E-state index in [-0.39, 0.29) is 12.5 Å². The number of carbonyl (C=O) groups is 1. The molecule has 0 bridgehead atoms. The molecule has 66 heavy (non-hydrogen) atoms. The van der Waals surface area contributed by atoms with Gasteiger partial charge in [0.1, 0.15) is 0 Å². The van der Waals surface area contributed by atoms with Crippen molar-refractivity contribution in [1.29, 1.82) is 0 Å². The lowest BCUT2D eigenvalue weighted by Gasteiger charge is -2.22. The summed E-state index contributed by atoms with van der Waals surface area (Å²) in [5.41, 5.74) is 0. The zero-order valence-corrected chi connectivity index (χ0v) is 43.9. The van der Waals surface area contributed by atoms with E-state index in [9.17, 15) is 15.0 Å². The van der Waals surface area contributed by atoms with Crippen LogP contribution >= 0.6 is 0 Å². The van der Waals surface area contributed by atoms with Gasteiger partial charge in [0.05, 0.1) is 18.8 Å². The maximum atomic E-state index is 12.5. The molecule has 3 N–H and O–H groups in total. The van der Waals surface area contributed by atoms with Gasteiger partial charge in [0, 0.05) is 6.42 Å². The molecule has 0 aromatic heterocycles. The minimum atomic E-state index is -0.675. The molecule has 2 unspecified atom stereocenters. The molecule has 0 aromatic rings. The van der Waals surface area contributed by atoms with Gasteiger partial charge in [-0.25, -0.2) is 0 Å². The van der Waals surface area contributed by atoms with Crippen molar-refractivity contribution in [3.63, 3.8) is 0 Å². The number of allylic oxidation sites excluding steroid dienone is 14. The lowest BCUT2D eigenvalue weighted by molar-refractivity contribution is -0.123. The quantitative estimate of drug-likeness (QED) is 0.0421. The first kappa shape index (κ1) is 63.6. The van der Waals surface area contributed by atoms with Crippen LogP contribution < -0.4 is 5.32 Å². The van der Waals surface area contributed by atoms with E-state index in [0.717, 1.165) is 83.5 Å². The molecule has 382 valence electrons. The minimum Gasteiger partial charge on any atom is -0.394 e. The van der Waals surface area contributed by atoms with Gasteiger partial charge < -0.3 is 15.5 Å². The van der Waals surface area contributed by atoms with Crippen molar-refractivity contribution < 1.29 is 15.0 Å². The number of aliphatic hydroxyl groups is 2. The summed E-state index contributed by atoms with van der Waals surface area (Å²) in [6.45, 7) is 4.25. The molecule has 0 aromatic carbocycles. The Kier molecular flexibility index (Phi) is 54.8. The fourth-order valence-electron chi connectivity index (χ4n) is 8.58. The molecule has 0 rings (SSSR count). The standard InChI is InChI=1S/C62H111NO3/c1-3-5-7-9-11-13-15-17-19-21-23-25-27-29-31-33-35-37-39-41-43-45-47-49-51-53-55-57-61(65)60(59-64)63-62(66)58-56-54-52-50-48-46-44-42-40-38-36-34-32-30-28-26-24-22-20-18-16-14-12-10-8-6-4-2/h6,8,12,14,18,20,24,26,30,32,36,38,42,44,60-61,64-65H,3-5,7,9-11,13,15-17,19,21-23,25,27-29,31,33-35,37,39-41,43,45-59H2,1-2H3,(H,63,66)/b8-6-,14-12-,20-18-,26-24-,32-30-,38-36-,44-42-. The van der Waals surface area contributed by atoms with Crippen LogP contribution in [0.25, 0.3) is 0 Å². The van der Waals surface area contributed by atoms with E-state index in [1.165, 1.54) is 173 Å². The topological polar surface area (TPSA) is 69.6 Å². The maximum absolute atomic E-state index is 12.5. The van der Waals surface area contributed by atoms with Gasteiger partial charge in [0.15, 0.2) is 0 Å². The van der Waals surface area contributed by atoms with E-state index in [0.29, 0.717) is 12.8 Å². The molecule has 0 aliphatic heterocycles. The number of carbonyl (C=O) groups excluding carboxylic acids is 1. The highest BCUT2D eigenvalue weighted by atomic mass is 16.3. The number of hydrogen-bond donors (Lipinski definition) is 3. The van der Waals surface area contributed by atoms with Gasteiger partial charge in [-0.2, -0.15) is 0 Å². The van der Waals surface area contributed by atoms with Crippen LogP contribution in [0.15, 0.2) is 85.1 Å². The van der Waals surface area contributed by atoms with Gasteiger partial charge in [-0.15, -0.1) is 0 Å². The Morgan fingerprint density at radius 3 is 1.00 bits per heavy atom. The summed E-state index contributed by atoms with van der Waals surface area (Å²) in [5, 5.41) is 23.4. The second-order valence-corrected chi connectivity index (χ2v) is 19.3. The molecule has 0 fully saturated rings. The average molecular weight is 919 g/mol. The summed E-state index contributed by atoms with van der Waals surface area (Å²) >= 11 is 0. The van der Waals surface area contributed by atoms with Crippen LogP contribution in [0.5, 0.6) is 0 Å². The number of hydrogen-bond acceptors (Lipinski definition) is 3. The Bertz CT molecular complexity index is 1180. The van der Waals surface area contributed by atoms with Gasteiger partial charge >= 0.3 is 0 Å². The lowest BCUT2D eigenvalue weighted by Crippen LogP contribution is -2.45. The maximum Gasteiger partial charge on any atom is 0.220 e. The Morgan fingerprint density at radius 2 is 0.667 bits per heavy atom. The van der Waals surface area contributed by atoms with Crippen molar-refractivity contribution in [3.05, 3.63) is 85.1 Å². The molecule has 0 aliphatic carbocycles. The third-order valence-corrected chi connectivity index (χ3v) is 12.9. The van der Waals surface area contributed by atoms with Crippen LogP contribution in [0.4, 0.5) is 0 Å². The molecule has 0 radical (unpaired) electrons. The summed E-state index contributed by atoms with van der Waals surface area (Å²) in [6, 6.07) is -0.554. The van der Waals surface area contributed by atoms with Crippen molar-refractivity contribution in [2.75, 3.05) is 6.61 Å². The monoisotopic (exact) mass is 918 g/mol. The van der Waals surface area contributed by atoms with Crippen LogP contribution in [0.3, 0.4) is 0 Å². The second-order valence-electron chi connectivity index (χ2n) is 19.3. The van der Waals surface area contributed by atoms with Crippen molar-refractivity contribution in [3.8, 4) is 0 Å². The number of nitrogens with one attached hydrogen (secondary N) is 1. The van der Waals surface area contributed by atoms with Crippen molar-refractivity contribution in [2.24, 2.45) is 0 Å². The first-order valence-corrected chi connectivity index (χ1v) is 28.8. The Hall–Kier alpha value is -2.43. The van der Waals surface area contributed by atoms with Gasteiger partial charge in [-0.3, -0.25) is 4.79 Å². The minimum absolute atomic E-state index is 0.0503. The SMILES string of the molecule is CC/C=C\C/C=C\C/C=C\C/C=C\C/C=C\C/C=C\C/C=C\CCCCCCCC(=O)NC(CO)C(O)CCCCCCCCCCCCCCCCCCCCCCCCCCCCC. The third kappa shape index (κ3) is 52.5. The summed E-state index contributed by atoms with van der Waals surface area (Å²) in [4.78, 5) is 12.5. The Labute approximate surface area is 411 Å². The third-order valence-electron chi connectivity index (χ3n) is 12.9. The molecule has 0 saturated carbocycles. The number of rotatable bonds is 52. The molecule has 0 heterocycles. The van der Waals surface area contributed by atoms with Crippen molar-refractivity contribution in [2.45, 2.75) is 296 Å². The molecule has 0 aliphatic rings. The summed E-state index contributed by atoms with van der Waals surface area (Å²) in [5.74, 6) is -0.0503. The summed E-state index contributed by atoms with van der Waals surface area (Å²) < 4.78 is 0. The molecule has 4 heteroatoms. The predicted octanol–water partition coefficient (Wildman–Crippen LogP) is 19.1. The van der Waals surface area contributed by atoms with Crippen LogP contribution in [0, 0.1) is 0 Å². The zero-order valence-electron chi connectivity index (χ0n) is 43.9. The van der Waals surface area contributed by atoms with E-state index in [2.05, 4.69) is 104 Å². The molecule has 0 spiro atoms. The van der Waals surface area contributed by atoms with Crippen LogP contribution in [-0.2, 0) is 4.79 Å². The number of amides is 1. The van der Waals surface area contributed by atoms with Gasteiger partial charge in [0.25, 0.3) is 0 Å². The van der Waals surface area contributed by atoms with Crippen LogP contribution in [0.1, 0.15) is 284 Å². The number of aliphatic hydroxyl groups excluding tert-OH is 2. The predicted molar refractivity (Wildman–Crippen MR) is 294 cm³/mol. The molecule has 4 nitrogen and oxygen atoms in total. The molecular formula is C62H111NO3. The molecular weight excluding hydrogens is 807 g/mol. The highest BCUT2D eigenvalue weighted by Gasteiger charge is 2.20. The van der Waals surface area contributed by atoms with E-state index in [1.54, 1.807) is 0 Å². The normalized spacial score (nSPS) is 13.5. The smallest absolute Gasteiger partial charge is 0.220 e. The average Bonchev–Trinajstić information content (AvgIpc) is 3.32. The Morgan fingerprint density at radius 1 is 0.379 bits per heavy atom. The zero-order chi connectivity index (χ0) is 47.7. The Balaban J connectivity index is 3.54. The largest absolute Gasteiger partial charge is 0.394 e. The molecule has 1 amide bonds. The van der Waals surface area contributed by atoms with E-state index < -0.39 is 12.1 Å². The van der Waals surface area contributed by atoms with Gasteiger partial charge in [-0.05, 0) is 70.6 Å². The summed E-state index contributed by atoms with van der Waals surface area (Å²) in [7, 11) is 0. The summed E-state index contributed by atoms with van der Waals surface area (Å²) in [6.07, 6.45) is 82.8. The lowest BCUT2D eigenvalue weighted by atomic mass is 10.0. The first-order chi connectivity index (χ1) is 32.7. The van der Waals surface area contributed by atoms with E-state index in [1.807, 2.05) is 0 Å². The van der Waals surface area contributed by atoms with E-state index >= 15 is 0 Å². The van der Waals surface area contributed by atoms with E-state index in [4.69, 9.17) is 0 Å². The van der Waals surface area contributed by atoms with Gasteiger partial charge in [-0.1, -0.05) is 292 Å². The number of unbranched alkanes of at least 4 members (excludes halogenated alkanes) is 31. The van der Waals surface area contributed by atoms with Crippen molar-refractivity contribution >= 4 is 5.91 Å². The van der Waals surface area contributed by atoms with Crippen LogP contribution in [-0.4, -0.2) is 34.9 Å². The van der Waals surface area contributed by atoms with Gasteiger partial charge in [0.2, 0.25) is 5.91 Å². The van der Waals surface area contributed by atoms with Crippen molar-refractivity contribution in [1.82, 2.24) is 5.32 Å². The van der Waals surface area contributed by atoms with Crippen LogP contribution in [0.2, 0.25) is 0 Å². The highest BCUT2D eigenvalue weighted by molar-refractivity contribution is 5.76. The fraction of sp³-hybridized carbons (Fsp3) is 0.758. The fourth-order valence-corrected chi connectivity index (χ4v) is 8.58. The highest BCUT2D eigenvalue weighted by Crippen LogP contribution is 2.17. The first-order valence-electron chi connectivity index (χ1n) is 28.8. The molecule has 2 atom stereocenters.